The Morgan fingerprint density at radius 1 is 0.958 bits per heavy atom. The number of urea groups is 1. The van der Waals surface area contributed by atoms with E-state index in [1.54, 1.807) is 62.4 Å². The highest BCUT2D eigenvalue weighted by molar-refractivity contribution is 6.12. The number of ketones is 1. The molecule has 0 bridgehead atoms. The summed E-state index contributed by atoms with van der Waals surface area (Å²) in [6, 6.07) is 16.0. The lowest BCUT2D eigenvalue weighted by Gasteiger charge is -2.25. The Bertz CT molecular complexity index is 785. The molecular formula is C19H18N2O3. The van der Waals surface area contributed by atoms with Crippen LogP contribution >= 0.6 is 0 Å². The predicted molar refractivity (Wildman–Crippen MR) is 89.4 cm³/mol. The molecule has 0 aliphatic carbocycles. The summed E-state index contributed by atoms with van der Waals surface area (Å²) in [6.07, 6.45) is 0. The van der Waals surface area contributed by atoms with Crippen LogP contribution in [0.25, 0.3) is 0 Å². The Balaban J connectivity index is 2.09. The van der Waals surface area contributed by atoms with Crippen LogP contribution in [0.2, 0.25) is 0 Å². The van der Waals surface area contributed by atoms with E-state index >= 15 is 0 Å². The van der Waals surface area contributed by atoms with Crippen molar-refractivity contribution in [1.82, 2.24) is 10.2 Å². The van der Waals surface area contributed by atoms with Crippen LogP contribution in [0.15, 0.2) is 60.7 Å². The number of imide groups is 1. The maximum absolute atomic E-state index is 13.1. The molecule has 0 spiro atoms. The van der Waals surface area contributed by atoms with E-state index in [9.17, 15) is 14.4 Å². The van der Waals surface area contributed by atoms with Crippen molar-refractivity contribution in [3.8, 4) is 0 Å². The molecule has 1 N–H and O–H groups in total. The van der Waals surface area contributed by atoms with E-state index in [0.717, 1.165) is 4.90 Å². The Morgan fingerprint density at radius 2 is 1.50 bits per heavy atom. The molecule has 1 unspecified atom stereocenters. The second-order valence-corrected chi connectivity index (χ2v) is 6.27. The quantitative estimate of drug-likeness (QED) is 0.695. The molecule has 0 radical (unpaired) electrons. The zero-order valence-electron chi connectivity index (χ0n) is 13.5. The number of hydrogen-bond donors (Lipinski definition) is 1. The third-order valence-electron chi connectivity index (χ3n) is 4.07. The maximum atomic E-state index is 13.1. The molecule has 3 rings (SSSR count). The Morgan fingerprint density at radius 3 is 2.00 bits per heavy atom. The van der Waals surface area contributed by atoms with E-state index in [1.807, 2.05) is 12.1 Å². The van der Waals surface area contributed by atoms with Crippen LogP contribution in [-0.2, 0) is 4.79 Å². The Hall–Kier alpha value is -2.95. The van der Waals surface area contributed by atoms with Gasteiger partial charge in [-0.1, -0.05) is 60.7 Å². The first-order valence-electron chi connectivity index (χ1n) is 7.72. The molecule has 2 aromatic carbocycles. The second kappa shape index (κ2) is 5.92. The van der Waals surface area contributed by atoms with E-state index in [-0.39, 0.29) is 5.78 Å². The standard InChI is InChI=1S/C19H18N2O3/c1-19(2)17(23)21(18(24)20-19)15(13-9-5-3-6-10-13)16(22)14-11-7-4-8-12-14/h3-12,15H,1-2H3,(H,20,24). The van der Waals surface area contributed by atoms with Crippen molar-refractivity contribution in [2.24, 2.45) is 0 Å². The van der Waals surface area contributed by atoms with Crippen LogP contribution in [0.5, 0.6) is 0 Å². The van der Waals surface area contributed by atoms with Gasteiger partial charge in [-0.25, -0.2) is 9.69 Å². The van der Waals surface area contributed by atoms with Gasteiger partial charge in [0.2, 0.25) is 0 Å². The number of rotatable bonds is 4. The monoisotopic (exact) mass is 322 g/mol. The molecule has 1 saturated heterocycles. The smallest absolute Gasteiger partial charge is 0.324 e. The zero-order valence-corrected chi connectivity index (χ0v) is 13.5. The van der Waals surface area contributed by atoms with Gasteiger partial charge in [0.1, 0.15) is 11.6 Å². The van der Waals surface area contributed by atoms with Crippen LogP contribution in [-0.4, -0.2) is 28.2 Å². The van der Waals surface area contributed by atoms with Gasteiger partial charge in [-0.15, -0.1) is 0 Å². The lowest BCUT2D eigenvalue weighted by Crippen LogP contribution is -2.42. The van der Waals surface area contributed by atoms with Crippen molar-refractivity contribution in [3.05, 3.63) is 71.8 Å². The molecule has 5 nitrogen and oxygen atoms in total. The number of nitrogens with one attached hydrogen (secondary N) is 1. The van der Waals surface area contributed by atoms with Crippen LogP contribution in [0.1, 0.15) is 35.8 Å². The van der Waals surface area contributed by atoms with E-state index < -0.39 is 23.5 Å². The number of nitrogens with zero attached hydrogens (tertiary/aromatic N) is 1. The minimum absolute atomic E-state index is 0.289. The summed E-state index contributed by atoms with van der Waals surface area (Å²) in [6.45, 7) is 3.25. The molecule has 3 amide bonds. The largest absolute Gasteiger partial charge is 0.325 e. The third kappa shape index (κ3) is 2.69. The van der Waals surface area contributed by atoms with E-state index in [4.69, 9.17) is 0 Å². The number of carbonyl (C=O) groups excluding carboxylic acids is 3. The average molecular weight is 322 g/mol. The lowest BCUT2D eigenvalue weighted by atomic mass is 9.95. The third-order valence-corrected chi connectivity index (χ3v) is 4.07. The first-order chi connectivity index (χ1) is 11.4. The minimum atomic E-state index is -1.03. The molecular weight excluding hydrogens is 304 g/mol. The normalized spacial score (nSPS) is 17.5. The summed E-state index contributed by atoms with van der Waals surface area (Å²) in [4.78, 5) is 39.2. The fourth-order valence-corrected chi connectivity index (χ4v) is 2.82. The van der Waals surface area contributed by atoms with Crippen molar-refractivity contribution in [2.45, 2.75) is 25.4 Å². The van der Waals surface area contributed by atoms with Gasteiger partial charge in [0, 0.05) is 5.56 Å². The molecule has 2 aromatic rings. The van der Waals surface area contributed by atoms with Crippen LogP contribution in [0, 0.1) is 0 Å². The number of Topliss-reactive ketones (excluding diaryl/α,β-unsaturated/α-hetero) is 1. The maximum Gasteiger partial charge on any atom is 0.325 e. The SMILES string of the molecule is CC1(C)NC(=O)N(C(C(=O)c2ccccc2)c2ccccc2)C1=O. The number of hydrogen-bond acceptors (Lipinski definition) is 3. The van der Waals surface area contributed by atoms with E-state index in [2.05, 4.69) is 5.32 Å². The highest BCUT2D eigenvalue weighted by atomic mass is 16.2. The van der Waals surface area contributed by atoms with Crippen LogP contribution in [0.3, 0.4) is 0 Å². The van der Waals surface area contributed by atoms with Crippen molar-refractivity contribution < 1.29 is 14.4 Å². The van der Waals surface area contributed by atoms with Crippen molar-refractivity contribution in [1.29, 1.82) is 0 Å². The minimum Gasteiger partial charge on any atom is -0.324 e. The number of benzene rings is 2. The molecule has 1 heterocycles. The Labute approximate surface area is 140 Å². The second-order valence-electron chi connectivity index (χ2n) is 6.27. The van der Waals surface area contributed by atoms with E-state index in [0.29, 0.717) is 11.1 Å². The molecule has 1 atom stereocenters. The van der Waals surface area contributed by atoms with Crippen molar-refractivity contribution in [3.63, 3.8) is 0 Å². The van der Waals surface area contributed by atoms with Crippen LogP contribution < -0.4 is 5.32 Å². The first-order valence-corrected chi connectivity index (χ1v) is 7.72. The van der Waals surface area contributed by atoms with Gasteiger partial charge >= 0.3 is 6.03 Å². The first kappa shape index (κ1) is 15.9. The molecule has 5 heteroatoms. The van der Waals surface area contributed by atoms with Gasteiger partial charge in [-0.05, 0) is 19.4 Å². The Kier molecular flexibility index (Phi) is 3.93. The van der Waals surface area contributed by atoms with Gasteiger partial charge in [-0.2, -0.15) is 0 Å². The summed E-state index contributed by atoms with van der Waals surface area (Å²) < 4.78 is 0. The van der Waals surface area contributed by atoms with E-state index in [1.165, 1.54) is 0 Å². The number of carbonyl (C=O) groups is 3. The molecule has 1 aliphatic heterocycles. The van der Waals surface area contributed by atoms with Gasteiger partial charge in [0.25, 0.3) is 5.91 Å². The summed E-state index contributed by atoms with van der Waals surface area (Å²) in [5, 5.41) is 2.63. The molecule has 0 aromatic heterocycles. The summed E-state index contributed by atoms with van der Waals surface area (Å²) in [7, 11) is 0. The highest BCUT2D eigenvalue weighted by Gasteiger charge is 2.49. The van der Waals surface area contributed by atoms with Crippen molar-refractivity contribution >= 4 is 17.7 Å². The molecule has 1 aliphatic rings. The zero-order chi connectivity index (χ0) is 17.3. The lowest BCUT2D eigenvalue weighted by molar-refractivity contribution is -0.131. The van der Waals surface area contributed by atoms with Gasteiger partial charge in [0.05, 0.1) is 0 Å². The highest BCUT2D eigenvalue weighted by Crippen LogP contribution is 2.31. The topological polar surface area (TPSA) is 66.5 Å². The summed E-state index contributed by atoms with van der Waals surface area (Å²) in [5.74, 6) is -0.700. The van der Waals surface area contributed by atoms with Gasteiger partial charge in [-0.3, -0.25) is 9.59 Å². The summed E-state index contributed by atoms with van der Waals surface area (Å²) in [5.41, 5.74) is 0.0328. The van der Waals surface area contributed by atoms with Crippen LogP contribution in [0.4, 0.5) is 4.79 Å². The van der Waals surface area contributed by atoms with Crippen molar-refractivity contribution in [2.75, 3.05) is 0 Å². The number of amides is 3. The molecule has 1 fully saturated rings. The van der Waals surface area contributed by atoms with Gasteiger partial charge in [0.15, 0.2) is 5.78 Å². The molecule has 122 valence electrons. The fourth-order valence-electron chi connectivity index (χ4n) is 2.82. The predicted octanol–water partition coefficient (Wildman–Crippen LogP) is 2.94. The molecule has 0 saturated carbocycles. The molecule has 24 heavy (non-hydrogen) atoms. The summed E-state index contributed by atoms with van der Waals surface area (Å²) >= 11 is 0. The van der Waals surface area contributed by atoms with Gasteiger partial charge < -0.3 is 5.32 Å². The average Bonchev–Trinajstić information content (AvgIpc) is 2.78. The fraction of sp³-hybridized carbons (Fsp3) is 0.211.